The van der Waals surface area contributed by atoms with Crippen LogP contribution in [0.25, 0.3) is 0 Å². The van der Waals surface area contributed by atoms with Crippen molar-refractivity contribution >= 4 is 11.6 Å². The first-order valence-electron chi connectivity index (χ1n) is 7.27. The Morgan fingerprint density at radius 3 is 2.70 bits per heavy atom. The van der Waals surface area contributed by atoms with Gasteiger partial charge in [0.1, 0.15) is 0 Å². The highest BCUT2D eigenvalue weighted by Crippen LogP contribution is 2.39. The number of hydrogen-bond donors (Lipinski definition) is 1. The van der Waals surface area contributed by atoms with Crippen molar-refractivity contribution in [3.63, 3.8) is 0 Å². The molecule has 1 N–H and O–H groups in total. The molecule has 1 unspecified atom stereocenters. The van der Waals surface area contributed by atoms with Crippen LogP contribution in [-0.2, 0) is 16.5 Å². The standard InChI is InChI=1S/C14H24ClN3O2/c1-4-16-13(12-11(15)10-17-18(12)3)14(20-5-2)6-8-19-9-7-14/h10,13,16H,4-9H2,1-3H3. The first-order chi connectivity index (χ1) is 9.64. The largest absolute Gasteiger partial charge is 0.381 e. The minimum Gasteiger partial charge on any atom is -0.381 e. The normalized spacial score (nSPS) is 20.0. The molecule has 0 amide bonds. The van der Waals surface area contributed by atoms with Crippen molar-refractivity contribution in [1.29, 1.82) is 0 Å². The third-order valence-corrected chi connectivity index (χ3v) is 4.21. The highest BCUT2D eigenvalue weighted by Gasteiger charge is 2.43. The van der Waals surface area contributed by atoms with Gasteiger partial charge in [0, 0.05) is 39.7 Å². The monoisotopic (exact) mass is 301 g/mol. The van der Waals surface area contributed by atoms with E-state index >= 15 is 0 Å². The maximum atomic E-state index is 6.35. The summed E-state index contributed by atoms with van der Waals surface area (Å²) >= 11 is 6.35. The molecule has 1 aliphatic rings. The van der Waals surface area contributed by atoms with Gasteiger partial charge in [-0.3, -0.25) is 4.68 Å². The number of ether oxygens (including phenoxy) is 2. The molecule has 0 aromatic carbocycles. The molecule has 1 fully saturated rings. The Balaban J connectivity index is 2.38. The molecule has 0 spiro atoms. The lowest BCUT2D eigenvalue weighted by Gasteiger charge is -2.43. The highest BCUT2D eigenvalue weighted by atomic mass is 35.5. The van der Waals surface area contributed by atoms with Gasteiger partial charge in [-0.25, -0.2) is 0 Å². The van der Waals surface area contributed by atoms with E-state index in [0.717, 1.165) is 38.3 Å². The van der Waals surface area contributed by atoms with Crippen LogP contribution in [0, 0.1) is 0 Å². The summed E-state index contributed by atoms with van der Waals surface area (Å²) < 4.78 is 13.5. The van der Waals surface area contributed by atoms with Crippen LogP contribution in [0.1, 0.15) is 38.4 Å². The number of hydrogen-bond acceptors (Lipinski definition) is 4. The van der Waals surface area contributed by atoms with Crippen molar-refractivity contribution < 1.29 is 9.47 Å². The van der Waals surface area contributed by atoms with E-state index in [1.807, 2.05) is 18.7 Å². The first-order valence-corrected chi connectivity index (χ1v) is 7.65. The van der Waals surface area contributed by atoms with Gasteiger partial charge < -0.3 is 14.8 Å². The van der Waals surface area contributed by atoms with Gasteiger partial charge >= 0.3 is 0 Å². The summed E-state index contributed by atoms with van der Waals surface area (Å²) in [6, 6.07) is 0.0244. The summed E-state index contributed by atoms with van der Waals surface area (Å²) in [6.45, 7) is 7.09. The molecule has 0 radical (unpaired) electrons. The number of aromatic nitrogens is 2. The Kier molecular flexibility index (Phi) is 5.43. The quantitative estimate of drug-likeness (QED) is 0.876. The summed E-state index contributed by atoms with van der Waals surface area (Å²) in [6.07, 6.45) is 3.42. The molecule has 1 saturated heterocycles. The molecule has 5 nitrogen and oxygen atoms in total. The molecule has 0 aliphatic carbocycles. The molecule has 1 aliphatic heterocycles. The lowest BCUT2D eigenvalue weighted by molar-refractivity contribution is -0.129. The fraction of sp³-hybridized carbons (Fsp3) is 0.786. The zero-order valence-corrected chi connectivity index (χ0v) is 13.2. The Morgan fingerprint density at radius 1 is 1.50 bits per heavy atom. The molecular formula is C14H24ClN3O2. The van der Waals surface area contributed by atoms with E-state index in [2.05, 4.69) is 17.3 Å². The van der Waals surface area contributed by atoms with E-state index in [1.54, 1.807) is 6.20 Å². The van der Waals surface area contributed by atoms with E-state index < -0.39 is 0 Å². The second-order valence-electron chi connectivity index (χ2n) is 5.10. The number of rotatable bonds is 6. The average Bonchev–Trinajstić information content (AvgIpc) is 2.77. The zero-order chi connectivity index (χ0) is 14.6. The fourth-order valence-electron chi connectivity index (χ4n) is 3.00. The lowest BCUT2D eigenvalue weighted by Crippen LogP contribution is -2.50. The van der Waals surface area contributed by atoms with Crippen LogP contribution in [0.2, 0.25) is 5.02 Å². The summed E-state index contributed by atoms with van der Waals surface area (Å²) in [4.78, 5) is 0. The third-order valence-electron chi connectivity index (χ3n) is 3.92. The van der Waals surface area contributed by atoms with E-state index in [0.29, 0.717) is 11.6 Å². The minimum atomic E-state index is -0.277. The number of nitrogens with zero attached hydrogens (tertiary/aromatic N) is 2. The van der Waals surface area contributed by atoms with Crippen molar-refractivity contribution in [2.24, 2.45) is 7.05 Å². The van der Waals surface area contributed by atoms with Crippen LogP contribution in [0.15, 0.2) is 6.20 Å². The van der Waals surface area contributed by atoms with Gasteiger partial charge in [0.15, 0.2) is 0 Å². The molecule has 1 aromatic rings. The van der Waals surface area contributed by atoms with Gasteiger partial charge in [-0.1, -0.05) is 18.5 Å². The number of aryl methyl sites for hydroxylation is 1. The predicted molar refractivity (Wildman–Crippen MR) is 79.0 cm³/mol. The Morgan fingerprint density at radius 2 is 2.20 bits per heavy atom. The van der Waals surface area contributed by atoms with Crippen molar-refractivity contribution in [2.75, 3.05) is 26.4 Å². The molecule has 114 valence electrons. The van der Waals surface area contributed by atoms with Crippen LogP contribution < -0.4 is 5.32 Å². The molecule has 2 heterocycles. The Labute approximate surface area is 125 Å². The number of likely N-dealkylation sites (N-methyl/N-ethyl adjacent to an activating group) is 1. The minimum absolute atomic E-state index is 0.0244. The van der Waals surface area contributed by atoms with Crippen LogP contribution in [0.4, 0.5) is 0 Å². The van der Waals surface area contributed by atoms with Crippen molar-refractivity contribution in [1.82, 2.24) is 15.1 Å². The van der Waals surface area contributed by atoms with Gasteiger partial charge in [-0.15, -0.1) is 0 Å². The van der Waals surface area contributed by atoms with Crippen molar-refractivity contribution in [3.05, 3.63) is 16.9 Å². The third kappa shape index (κ3) is 3.01. The second kappa shape index (κ2) is 6.89. The van der Waals surface area contributed by atoms with E-state index in [4.69, 9.17) is 21.1 Å². The number of nitrogens with one attached hydrogen (secondary N) is 1. The average molecular weight is 302 g/mol. The van der Waals surface area contributed by atoms with Gasteiger partial charge in [0.2, 0.25) is 0 Å². The predicted octanol–water partition coefficient (Wildman–Crippen LogP) is 2.31. The van der Waals surface area contributed by atoms with E-state index in [-0.39, 0.29) is 11.6 Å². The molecule has 0 saturated carbocycles. The van der Waals surface area contributed by atoms with Crippen LogP contribution in [-0.4, -0.2) is 41.7 Å². The summed E-state index contributed by atoms with van der Waals surface area (Å²) in [5.41, 5.74) is 0.712. The topological polar surface area (TPSA) is 48.3 Å². The molecule has 20 heavy (non-hydrogen) atoms. The van der Waals surface area contributed by atoms with Gasteiger partial charge in [-0.2, -0.15) is 5.10 Å². The lowest BCUT2D eigenvalue weighted by atomic mass is 9.83. The summed E-state index contributed by atoms with van der Waals surface area (Å²) in [5.74, 6) is 0. The Bertz CT molecular complexity index is 405. The SMILES string of the molecule is CCNC(c1c(Cl)cnn1C)C1(OCC)CCOCC1. The first kappa shape index (κ1) is 15.8. The summed E-state index contributed by atoms with van der Waals surface area (Å²) in [5, 5.41) is 8.48. The maximum Gasteiger partial charge on any atom is 0.0935 e. The van der Waals surface area contributed by atoms with Crippen LogP contribution >= 0.6 is 11.6 Å². The zero-order valence-electron chi connectivity index (χ0n) is 12.5. The molecule has 2 rings (SSSR count). The van der Waals surface area contributed by atoms with E-state index in [9.17, 15) is 0 Å². The molecule has 1 aromatic heterocycles. The maximum absolute atomic E-state index is 6.35. The molecule has 1 atom stereocenters. The van der Waals surface area contributed by atoms with Crippen molar-refractivity contribution in [2.45, 2.75) is 38.3 Å². The van der Waals surface area contributed by atoms with Gasteiger partial charge in [0.25, 0.3) is 0 Å². The fourth-order valence-corrected chi connectivity index (χ4v) is 3.28. The van der Waals surface area contributed by atoms with E-state index in [1.165, 1.54) is 0 Å². The number of halogens is 1. The highest BCUT2D eigenvalue weighted by molar-refractivity contribution is 6.31. The van der Waals surface area contributed by atoms with Crippen LogP contribution in [0.5, 0.6) is 0 Å². The van der Waals surface area contributed by atoms with Gasteiger partial charge in [-0.05, 0) is 13.5 Å². The molecule has 0 bridgehead atoms. The van der Waals surface area contributed by atoms with Gasteiger partial charge in [0.05, 0.1) is 28.6 Å². The molecular weight excluding hydrogens is 278 g/mol. The smallest absolute Gasteiger partial charge is 0.0935 e. The second-order valence-corrected chi connectivity index (χ2v) is 5.51. The summed E-state index contributed by atoms with van der Waals surface area (Å²) in [7, 11) is 1.92. The van der Waals surface area contributed by atoms with Crippen molar-refractivity contribution in [3.8, 4) is 0 Å². The molecule has 6 heteroatoms. The van der Waals surface area contributed by atoms with Crippen LogP contribution in [0.3, 0.4) is 0 Å². The Hall–Kier alpha value is -0.620.